The summed E-state index contributed by atoms with van der Waals surface area (Å²) in [4.78, 5) is 0. The van der Waals surface area contributed by atoms with Gasteiger partial charge >= 0.3 is 0 Å². The van der Waals surface area contributed by atoms with E-state index in [-0.39, 0.29) is 0 Å². The molecule has 0 aromatic rings. The number of hydrogen-bond acceptors (Lipinski definition) is 1. The molecule has 0 spiro atoms. The number of rotatable bonds is 2. The van der Waals surface area contributed by atoms with Gasteiger partial charge in [-0.1, -0.05) is 31.6 Å². The van der Waals surface area contributed by atoms with Crippen LogP contribution in [0.1, 0.15) is 53.9 Å². The third-order valence-electron chi connectivity index (χ3n) is 3.66. The van der Waals surface area contributed by atoms with Crippen molar-refractivity contribution in [3.8, 4) is 0 Å². The molecule has 1 aliphatic rings. The van der Waals surface area contributed by atoms with Crippen molar-refractivity contribution in [2.75, 3.05) is 0 Å². The molecule has 0 unspecified atom stereocenters. The second-order valence-corrected chi connectivity index (χ2v) is 5.63. The fraction of sp³-hybridized carbons (Fsp3) is 0.600. The zero-order chi connectivity index (χ0) is 12.3. The fourth-order valence-electron chi connectivity index (χ4n) is 2.35. The van der Waals surface area contributed by atoms with Crippen molar-refractivity contribution in [3.63, 3.8) is 0 Å². The van der Waals surface area contributed by atoms with Crippen molar-refractivity contribution in [2.45, 2.75) is 53.9 Å². The minimum Gasteiger partial charge on any atom is -0.402 e. The Labute approximate surface area is 100 Å². The average molecular weight is 219 g/mol. The maximum absolute atomic E-state index is 5.77. The first-order valence-electron chi connectivity index (χ1n) is 6.16. The molecule has 1 aliphatic carbocycles. The molecule has 0 fully saturated rings. The Kier molecular flexibility index (Phi) is 4.01. The van der Waals surface area contributed by atoms with Crippen LogP contribution in [0.2, 0.25) is 0 Å². The molecular formula is C15H25N. The van der Waals surface area contributed by atoms with Crippen LogP contribution in [0.25, 0.3) is 0 Å². The van der Waals surface area contributed by atoms with Crippen LogP contribution < -0.4 is 5.73 Å². The lowest BCUT2D eigenvalue weighted by molar-refractivity contribution is 0.377. The average Bonchev–Trinajstić information content (AvgIpc) is 2.15. The normalized spacial score (nSPS) is 22.6. The minimum absolute atomic E-state index is 0.321. The lowest BCUT2D eigenvalue weighted by Gasteiger charge is -2.33. The summed E-state index contributed by atoms with van der Waals surface area (Å²) in [5.41, 5.74) is 11.2. The summed E-state index contributed by atoms with van der Waals surface area (Å²) in [5, 5.41) is 0. The van der Waals surface area contributed by atoms with Crippen LogP contribution in [0.3, 0.4) is 0 Å². The largest absolute Gasteiger partial charge is 0.402 e. The monoisotopic (exact) mass is 219 g/mol. The molecule has 0 saturated heterocycles. The van der Waals surface area contributed by atoms with Crippen LogP contribution in [-0.4, -0.2) is 0 Å². The first kappa shape index (κ1) is 13.1. The fourth-order valence-corrected chi connectivity index (χ4v) is 2.35. The van der Waals surface area contributed by atoms with Gasteiger partial charge < -0.3 is 5.73 Å². The van der Waals surface area contributed by atoms with Crippen molar-refractivity contribution in [1.29, 1.82) is 0 Å². The highest BCUT2D eigenvalue weighted by molar-refractivity contribution is 5.36. The van der Waals surface area contributed by atoms with Crippen molar-refractivity contribution in [1.82, 2.24) is 0 Å². The van der Waals surface area contributed by atoms with Crippen molar-refractivity contribution in [2.24, 2.45) is 11.1 Å². The van der Waals surface area contributed by atoms with E-state index >= 15 is 0 Å². The first-order valence-corrected chi connectivity index (χ1v) is 6.16. The predicted molar refractivity (Wildman–Crippen MR) is 72.0 cm³/mol. The van der Waals surface area contributed by atoms with Gasteiger partial charge in [0, 0.05) is 5.70 Å². The Morgan fingerprint density at radius 1 is 1.31 bits per heavy atom. The summed E-state index contributed by atoms with van der Waals surface area (Å²) >= 11 is 0. The molecule has 0 saturated carbocycles. The summed E-state index contributed by atoms with van der Waals surface area (Å²) < 4.78 is 0. The van der Waals surface area contributed by atoms with Crippen LogP contribution >= 0.6 is 0 Å². The van der Waals surface area contributed by atoms with Gasteiger partial charge in [0.1, 0.15) is 0 Å². The highest BCUT2D eigenvalue weighted by atomic mass is 14.5. The molecule has 0 aromatic carbocycles. The molecule has 16 heavy (non-hydrogen) atoms. The predicted octanol–water partition coefficient (Wildman–Crippen LogP) is 4.32. The second-order valence-electron chi connectivity index (χ2n) is 5.63. The minimum atomic E-state index is 0.321. The first-order chi connectivity index (χ1) is 7.34. The molecule has 0 aromatic heterocycles. The van der Waals surface area contributed by atoms with E-state index in [4.69, 9.17) is 5.73 Å². The molecule has 2 N–H and O–H groups in total. The Morgan fingerprint density at radius 2 is 1.94 bits per heavy atom. The van der Waals surface area contributed by atoms with Crippen molar-refractivity contribution < 1.29 is 0 Å². The Bertz CT molecular complexity index is 350. The number of allylic oxidation sites excluding steroid dienone is 6. The summed E-state index contributed by atoms with van der Waals surface area (Å²) in [5.74, 6) is 0. The van der Waals surface area contributed by atoms with E-state index < -0.39 is 0 Å². The lowest BCUT2D eigenvalue weighted by atomic mass is 9.72. The van der Waals surface area contributed by atoms with E-state index in [1.165, 1.54) is 36.0 Å². The molecule has 0 radical (unpaired) electrons. The maximum atomic E-state index is 5.77. The van der Waals surface area contributed by atoms with E-state index in [9.17, 15) is 0 Å². The summed E-state index contributed by atoms with van der Waals surface area (Å²) in [6, 6.07) is 0. The zero-order valence-corrected chi connectivity index (χ0v) is 11.4. The van der Waals surface area contributed by atoms with Gasteiger partial charge in [-0.25, -0.2) is 0 Å². The van der Waals surface area contributed by atoms with E-state index in [1.54, 1.807) is 0 Å². The van der Waals surface area contributed by atoms with E-state index in [0.29, 0.717) is 5.41 Å². The highest BCUT2D eigenvalue weighted by Crippen LogP contribution is 2.40. The third kappa shape index (κ3) is 3.01. The number of hydrogen-bond donors (Lipinski definition) is 1. The molecule has 1 heteroatoms. The molecule has 0 bridgehead atoms. The van der Waals surface area contributed by atoms with Crippen molar-refractivity contribution >= 4 is 0 Å². The SMILES string of the molecule is CC1=C(/C=C/C(C)=C(/C)N)C(C)(C)CCC1. The van der Waals surface area contributed by atoms with Gasteiger partial charge in [-0.3, -0.25) is 0 Å². The number of nitrogens with two attached hydrogens (primary N) is 1. The molecule has 0 aliphatic heterocycles. The summed E-state index contributed by atoms with van der Waals surface area (Å²) in [7, 11) is 0. The van der Waals surface area contributed by atoms with Crippen LogP contribution in [0, 0.1) is 5.41 Å². The summed E-state index contributed by atoms with van der Waals surface area (Å²) in [6.45, 7) is 11.0. The molecule has 90 valence electrons. The Hall–Kier alpha value is -0.980. The van der Waals surface area contributed by atoms with Gasteiger partial charge in [-0.05, 0) is 56.6 Å². The quantitative estimate of drug-likeness (QED) is 0.688. The van der Waals surface area contributed by atoms with Gasteiger partial charge in [-0.2, -0.15) is 0 Å². The smallest absolute Gasteiger partial charge is 0.00785 e. The highest BCUT2D eigenvalue weighted by Gasteiger charge is 2.26. The van der Waals surface area contributed by atoms with Crippen LogP contribution in [0.4, 0.5) is 0 Å². The molecule has 0 amide bonds. The maximum Gasteiger partial charge on any atom is 0.00785 e. The second kappa shape index (κ2) is 4.90. The van der Waals surface area contributed by atoms with Crippen molar-refractivity contribution in [3.05, 3.63) is 34.6 Å². The van der Waals surface area contributed by atoms with Gasteiger partial charge in [0.2, 0.25) is 0 Å². The Balaban J connectivity index is 2.99. The molecule has 1 nitrogen and oxygen atoms in total. The van der Waals surface area contributed by atoms with Gasteiger partial charge in [-0.15, -0.1) is 0 Å². The van der Waals surface area contributed by atoms with E-state index in [1.807, 2.05) is 6.92 Å². The van der Waals surface area contributed by atoms with Crippen LogP contribution in [0.5, 0.6) is 0 Å². The van der Waals surface area contributed by atoms with Crippen LogP contribution in [-0.2, 0) is 0 Å². The zero-order valence-electron chi connectivity index (χ0n) is 11.4. The van der Waals surface area contributed by atoms with Gasteiger partial charge in [0.15, 0.2) is 0 Å². The van der Waals surface area contributed by atoms with E-state index in [0.717, 1.165) is 5.70 Å². The molecular weight excluding hydrogens is 194 g/mol. The molecule has 0 atom stereocenters. The molecule has 1 rings (SSSR count). The third-order valence-corrected chi connectivity index (χ3v) is 3.66. The lowest BCUT2D eigenvalue weighted by Crippen LogP contribution is -2.19. The topological polar surface area (TPSA) is 26.0 Å². The standard InChI is InChI=1S/C15H25N/c1-11(13(3)16)8-9-14-12(2)7-6-10-15(14,4)5/h8-9H,6-7,10,16H2,1-5H3/b9-8+,13-11-. The summed E-state index contributed by atoms with van der Waals surface area (Å²) in [6.07, 6.45) is 8.27. The van der Waals surface area contributed by atoms with Crippen LogP contribution in [0.15, 0.2) is 34.6 Å². The molecule has 0 heterocycles. The van der Waals surface area contributed by atoms with Gasteiger partial charge in [0.05, 0.1) is 0 Å². The van der Waals surface area contributed by atoms with E-state index in [2.05, 4.69) is 39.8 Å². The Morgan fingerprint density at radius 3 is 2.44 bits per heavy atom. The van der Waals surface area contributed by atoms with Gasteiger partial charge in [0.25, 0.3) is 0 Å².